The lowest BCUT2D eigenvalue weighted by molar-refractivity contribution is -0.142. The molecule has 1 aliphatic heterocycles. The highest BCUT2D eigenvalue weighted by Gasteiger charge is 2.36. The number of hydrogen-bond donors (Lipinski definition) is 0. The molecule has 4 aromatic rings. The zero-order chi connectivity index (χ0) is 25.4. The molecule has 11 heteroatoms. The van der Waals surface area contributed by atoms with Crippen molar-refractivity contribution in [3.05, 3.63) is 89.2 Å². The Bertz CT molecular complexity index is 1390. The van der Waals surface area contributed by atoms with Crippen molar-refractivity contribution in [1.82, 2.24) is 24.4 Å². The second kappa shape index (κ2) is 9.30. The Morgan fingerprint density at radius 3 is 2.08 bits per heavy atom. The molecule has 1 aliphatic rings. The van der Waals surface area contributed by atoms with Crippen molar-refractivity contribution >= 4 is 11.6 Å². The number of aromatic nitrogens is 3. The molecule has 0 unspecified atom stereocenters. The Balaban J connectivity index is 1.36. The van der Waals surface area contributed by atoms with E-state index >= 15 is 0 Å². The van der Waals surface area contributed by atoms with Gasteiger partial charge in [-0.2, -0.15) is 18.3 Å². The number of rotatable bonds is 4. The van der Waals surface area contributed by atoms with Crippen LogP contribution in [-0.4, -0.2) is 56.5 Å². The molecule has 2 aromatic carbocycles. The Morgan fingerprint density at radius 1 is 0.861 bits per heavy atom. The molecule has 0 spiro atoms. The summed E-state index contributed by atoms with van der Waals surface area (Å²) in [5.41, 5.74) is -0.133. The predicted molar refractivity (Wildman–Crippen MR) is 121 cm³/mol. The van der Waals surface area contributed by atoms with Gasteiger partial charge in [-0.3, -0.25) is 9.69 Å². The first-order valence-corrected chi connectivity index (χ1v) is 11.2. The maximum atomic E-state index is 13.8. The molecule has 0 radical (unpaired) electrons. The quantitative estimate of drug-likeness (QED) is 0.382. The number of carbonyl (C=O) groups is 1. The summed E-state index contributed by atoms with van der Waals surface area (Å²) in [6, 6.07) is 13.2. The Labute approximate surface area is 202 Å². The van der Waals surface area contributed by atoms with E-state index in [1.165, 1.54) is 35.2 Å². The maximum Gasteiger partial charge on any atom is 0.433 e. The van der Waals surface area contributed by atoms with Gasteiger partial charge in [-0.1, -0.05) is 12.1 Å². The second-order valence-corrected chi connectivity index (χ2v) is 8.53. The predicted octanol–water partition coefficient (Wildman–Crippen LogP) is 4.65. The minimum atomic E-state index is -4.76. The number of amides is 1. The zero-order valence-corrected chi connectivity index (χ0v) is 18.8. The van der Waals surface area contributed by atoms with Crippen molar-refractivity contribution in [2.45, 2.75) is 12.7 Å². The van der Waals surface area contributed by atoms with Crippen molar-refractivity contribution in [3.8, 4) is 11.3 Å². The van der Waals surface area contributed by atoms with Crippen molar-refractivity contribution in [1.29, 1.82) is 0 Å². The van der Waals surface area contributed by atoms with Crippen LogP contribution < -0.4 is 0 Å². The van der Waals surface area contributed by atoms with Gasteiger partial charge < -0.3 is 4.90 Å². The number of hydrogen-bond acceptors (Lipinski definition) is 4. The van der Waals surface area contributed by atoms with Gasteiger partial charge in [0, 0.05) is 44.4 Å². The first-order valence-electron chi connectivity index (χ1n) is 11.2. The number of fused-ring (bicyclic) bond motifs is 1. The smallest absolute Gasteiger partial charge is 0.335 e. The average molecular weight is 501 g/mol. The molecule has 186 valence electrons. The number of nitrogens with zero attached hydrogens (tertiary/aromatic N) is 5. The van der Waals surface area contributed by atoms with Gasteiger partial charge in [-0.05, 0) is 48.0 Å². The van der Waals surface area contributed by atoms with E-state index in [9.17, 15) is 26.7 Å². The Hall–Kier alpha value is -3.86. The first-order chi connectivity index (χ1) is 17.2. The molecule has 3 heterocycles. The van der Waals surface area contributed by atoms with Crippen molar-refractivity contribution in [2.24, 2.45) is 0 Å². The molecular formula is C25H20F5N5O. The summed E-state index contributed by atoms with van der Waals surface area (Å²) in [6.45, 7) is 2.44. The van der Waals surface area contributed by atoms with Gasteiger partial charge in [0.2, 0.25) is 0 Å². The van der Waals surface area contributed by atoms with E-state index in [0.717, 1.165) is 23.8 Å². The highest BCUT2D eigenvalue weighted by atomic mass is 19.4. The fraction of sp³-hybridized carbons (Fsp3) is 0.240. The van der Waals surface area contributed by atoms with Crippen LogP contribution in [0.3, 0.4) is 0 Å². The van der Waals surface area contributed by atoms with E-state index in [4.69, 9.17) is 0 Å². The van der Waals surface area contributed by atoms with Crippen LogP contribution in [0.15, 0.2) is 60.7 Å². The lowest BCUT2D eigenvalue weighted by Crippen LogP contribution is -2.48. The fourth-order valence-corrected chi connectivity index (χ4v) is 4.17. The van der Waals surface area contributed by atoms with Crippen LogP contribution in [0, 0.1) is 11.6 Å². The molecule has 36 heavy (non-hydrogen) atoms. The number of benzene rings is 2. The largest absolute Gasteiger partial charge is 0.433 e. The van der Waals surface area contributed by atoms with Gasteiger partial charge in [0.1, 0.15) is 11.6 Å². The van der Waals surface area contributed by atoms with Crippen LogP contribution in [0.2, 0.25) is 0 Å². The highest BCUT2D eigenvalue weighted by Crippen LogP contribution is 2.32. The molecule has 0 bridgehead atoms. The summed E-state index contributed by atoms with van der Waals surface area (Å²) in [7, 11) is 0. The summed E-state index contributed by atoms with van der Waals surface area (Å²) in [5.74, 6) is -1.32. The monoisotopic (exact) mass is 501 g/mol. The van der Waals surface area contributed by atoms with E-state index in [1.807, 2.05) is 0 Å². The van der Waals surface area contributed by atoms with Gasteiger partial charge in [0.05, 0.1) is 5.69 Å². The third-order valence-electron chi connectivity index (χ3n) is 6.06. The van der Waals surface area contributed by atoms with Gasteiger partial charge >= 0.3 is 6.18 Å². The first kappa shape index (κ1) is 23.9. The number of piperazine rings is 1. The standard InChI is InChI=1S/C25H20F5N5O/c26-18-5-1-16(2-6-18)15-33-9-11-34(12-10-33)24(36)21-14-23-31-20(17-3-7-19(27)8-4-17)13-22(25(28,29)30)35(23)32-21/h1-8,13-14H,9-12,15H2. The van der Waals surface area contributed by atoms with E-state index in [2.05, 4.69) is 15.0 Å². The van der Waals surface area contributed by atoms with Crippen LogP contribution >= 0.6 is 0 Å². The number of alkyl halides is 3. The molecule has 6 nitrogen and oxygen atoms in total. The third kappa shape index (κ3) is 4.92. The highest BCUT2D eigenvalue weighted by molar-refractivity contribution is 5.93. The van der Waals surface area contributed by atoms with Gasteiger partial charge in [-0.15, -0.1) is 0 Å². The van der Waals surface area contributed by atoms with Crippen molar-refractivity contribution in [2.75, 3.05) is 26.2 Å². The Kier molecular flexibility index (Phi) is 6.17. The topological polar surface area (TPSA) is 53.7 Å². The summed E-state index contributed by atoms with van der Waals surface area (Å²) in [5, 5.41) is 3.93. The molecule has 5 rings (SSSR count). The molecule has 0 atom stereocenters. The lowest BCUT2D eigenvalue weighted by atomic mass is 10.1. The van der Waals surface area contributed by atoms with Crippen LogP contribution in [0.1, 0.15) is 21.7 Å². The molecule has 1 fully saturated rings. The van der Waals surface area contributed by atoms with Gasteiger partial charge in [0.15, 0.2) is 17.0 Å². The molecule has 0 aliphatic carbocycles. The van der Waals surface area contributed by atoms with Gasteiger partial charge in [-0.25, -0.2) is 18.3 Å². The summed E-state index contributed by atoms with van der Waals surface area (Å²) in [4.78, 5) is 20.9. The fourth-order valence-electron chi connectivity index (χ4n) is 4.17. The lowest BCUT2D eigenvalue weighted by Gasteiger charge is -2.34. The van der Waals surface area contributed by atoms with Crippen LogP contribution in [0.25, 0.3) is 16.9 Å². The normalized spacial score (nSPS) is 15.0. The second-order valence-electron chi connectivity index (χ2n) is 8.53. The molecule has 1 amide bonds. The molecule has 1 saturated heterocycles. The molecular weight excluding hydrogens is 481 g/mol. The maximum absolute atomic E-state index is 13.8. The van der Waals surface area contributed by atoms with Crippen LogP contribution in [-0.2, 0) is 12.7 Å². The summed E-state index contributed by atoms with van der Waals surface area (Å²) >= 11 is 0. The average Bonchev–Trinajstić information content (AvgIpc) is 3.29. The van der Waals surface area contributed by atoms with Crippen LogP contribution in [0.4, 0.5) is 22.0 Å². The van der Waals surface area contributed by atoms with E-state index in [1.54, 1.807) is 12.1 Å². The summed E-state index contributed by atoms with van der Waals surface area (Å²) in [6.07, 6.45) is -4.76. The summed E-state index contributed by atoms with van der Waals surface area (Å²) < 4.78 is 68.4. The minimum absolute atomic E-state index is 0.0110. The molecule has 2 aromatic heterocycles. The molecule has 0 saturated carbocycles. The van der Waals surface area contributed by atoms with E-state index in [0.29, 0.717) is 42.8 Å². The zero-order valence-electron chi connectivity index (χ0n) is 18.8. The van der Waals surface area contributed by atoms with Crippen LogP contribution in [0.5, 0.6) is 0 Å². The molecule has 0 N–H and O–H groups in total. The van der Waals surface area contributed by atoms with E-state index < -0.39 is 23.6 Å². The Morgan fingerprint density at radius 2 is 1.47 bits per heavy atom. The van der Waals surface area contributed by atoms with Crippen molar-refractivity contribution in [3.63, 3.8) is 0 Å². The number of carbonyl (C=O) groups excluding carboxylic acids is 1. The van der Waals surface area contributed by atoms with Crippen molar-refractivity contribution < 1.29 is 26.7 Å². The van der Waals surface area contributed by atoms with E-state index in [-0.39, 0.29) is 22.9 Å². The third-order valence-corrected chi connectivity index (χ3v) is 6.06. The van der Waals surface area contributed by atoms with Gasteiger partial charge in [0.25, 0.3) is 5.91 Å². The SMILES string of the molecule is O=C(c1cc2nc(-c3ccc(F)cc3)cc(C(F)(F)F)n2n1)N1CCN(Cc2ccc(F)cc2)CC1. The minimum Gasteiger partial charge on any atom is -0.335 e. The number of halogens is 5.